The summed E-state index contributed by atoms with van der Waals surface area (Å²) >= 11 is 5.48. The average molecular weight is 274 g/mol. The molecule has 0 amide bonds. The van der Waals surface area contributed by atoms with Gasteiger partial charge in [0.2, 0.25) is 0 Å². The summed E-state index contributed by atoms with van der Waals surface area (Å²) in [4.78, 5) is 0. The Kier molecular flexibility index (Phi) is 6.15. The first-order valence-corrected chi connectivity index (χ1v) is 5.00. The summed E-state index contributed by atoms with van der Waals surface area (Å²) in [6.45, 7) is 3.32. The molecule has 0 radical (unpaired) electrons. The highest BCUT2D eigenvalue weighted by Crippen LogP contribution is 2.34. The molecule has 2 N–H and O–H groups in total. The lowest BCUT2D eigenvalue weighted by Gasteiger charge is -2.10. The molecule has 0 aliphatic rings. The molecule has 0 bridgehead atoms. The van der Waals surface area contributed by atoms with Crippen LogP contribution in [0.1, 0.15) is 18.1 Å². The van der Waals surface area contributed by atoms with Crippen LogP contribution in [-0.2, 0) is 12.7 Å². The van der Waals surface area contributed by atoms with Crippen molar-refractivity contribution in [2.75, 3.05) is 6.54 Å². The summed E-state index contributed by atoms with van der Waals surface area (Å²) in [5.41, 5.74) is -0.125. The van der Waals surface area contributed by atoms with Crippen LogP contribution in [0.5, 0.6) is 0 Å². The quantitative estimate of drug-likeness (QED) is 0.761. The normalized spacial score (nSPS) is 11.1. The van der Waals surface area contributed by atoms with Gasteiger partial charge in [0, 0.05) is 5.56 Å². The van der Waals surface area contributed by atoms with Crippen molar-refractivity contribution in [3.63, 3.8) is 0 Å². The summed E-state index contributed by atoms with van der Waals surface area (Å²) in [6.07, 6.45) is -4.38. The van der Waals surface area contributed by atoms with Crippen molar-refractivity contribution in [2.24, 2.45) is 0 Å². The minimum absolute atomic E-state index is 0. The van der Waals surface area contributed by atoms with E-state index in [1.54, 1.807) is 6.07 Å². The smallest absolute Gasteiger partial charge is 0.417 e. The van der Waals surface area contributed by atoms with Gasteiger partial charge in [0.05, 0.1) is 17.1 Å². The first-order chi connectivity index (χ1) is 6.95. The second-order valence-electron chi connectivity index (χ2n) is 3.21. The first kappa shape index (κ1) is 15.6. The van der Waals surface area contributed by atoms with Crippen LogP contribution in [0, 0.1) is 0 Å². The lowest BCUT2D eigenvalue weighted by molar-refractivity contribution is -0.667. The van der Waals surface area contributed by atoms with E-state index in [4.69, 9.17) is 11.6 Å². The molecular formula is C10H12Cl2F3N. The molecule has 0 aromatic heterocycles. The number of hydrogen-bond acceptors (Lipinski definition) is 0. The molecule has 16 heavy (non-hydrogen) atoms. The molecule has 1 nitrogen and oxygen atoms in total. The van der Waals surface area contributed by atoms with E-state index in [0.717, 1.165) is 12.6 Å². The highest BCUT2D eigenvalue weighted by Gasteiger charge is 2.33. The monoisotopic (exact) mass is 273 g/mol. The molecule has 1 rings (SSSR count). The fourth-order valence-electron chi connectivity index (χ4n) is 1.23. The predicted molar refractivity (Wildman–Crippen MR) is 52.6 cm³/mol. The van der Waals surface area contributed by atoms with Crippen LogP contribution in [0.2, 0.25) is 5.02 Å². The molecule has 0 saturated carbocycles. The third kappa shape index (κ3) is 4.20. The molecule has 0 aliphatic carbocycles. The molecule has 0 fully saturated rings. The Morgan fingerprint density at radius 2 is 1.94 bits per heavy atom. The second kappa shape index (κ2) is 6.33. The fraction of sp³-hybridized carbons (Fsp3) is 0.400. The maximum Gasteiger partial charge on any atom is 0.417 e. The molecule has 0 spiro atoms. The van der Waals surface area contributed by atoms with Crippen molar-refractivity contribution in [1.29, 1.82) is 0 Å². The topological polar surface area (TPSA) is 16.6 Å². The first-order valence-electron chi connectivity index (χ1n) is 4.62. The van der Waals surface area contributed by atoms with Gasteiger partial charge in [-0.1, -0.05) is 17.7 Å². The van der Waals surface area contributed by atoms with E-state index in [9.17, 15) is 13.2 Å². The van der Waals surface area contributed by atoms with Gasteiger partial charge in [-0.05, 0) is 19.1 Å². The van der Waals surface area contributed by atoms with Crippen molar-refractivity contribution in [3.8, 4) is 0 Å². The van der Waals surface area contributed by atoms with E-state index in [1.807, 2.05) is 12.2 Å². The molecule has 92 valence electrons. The van der Waals surface area contributed by atoms with Gasteiger partial charge in [0.25, 0.3) is 0 Å². The van der Waals surface area contributed by atoms with Crippen molar-refractivity contribution in [1.82, 2.24) is 0 Å². The van der Waals surface area contributed by atoms with Crippen LogP contribution in [0.4, 0.5) is 13.2 Å². The Hall–Kier alpha value is -0.450. The van der Waals surface area contributed by atoms with Gasteiger partial charge < -0.3 is 17.7 Å². The van der Waals surface area contributed by atoms with Crippen molar-refractivity contribution in [3.05, 3.63) is 34.3 Å². The van der Waals surface area contributed by atoms with Crippen molar-refractivity contribution in [2.45, 2.75) is 19.6 Å². The van der Waals surface area contributed by atoms with Crippen LogP contribution in [0.25, 0.3) is 0 Å². The maximum atomic E-state index is 12.5. The molecule has 1 aromatic rings. The zero-order valence-electron chi connectivity index (χ0n) is 8.61. The van der Waals surface area contributed by atoms with E-state index in [0.29, 0.717) is 12.1 Å². The molecule has 0 atom stereocenters. The lowest BCUT2D eigenvalue weighted by atomic mass is 10.1. The third-order valence-electron chi connectivity index (χ3n) is 2.00. The summed E-state index contributed by atoms with van der Waals surface area (Å²) < 4.78 is 37.4. The zero-order valence-corrected chi connectivity index (χ0v) is 10.1. The number of nitrogens with two attached hydrogens (primary N) is 1. The minimum Gasteiger partial charge on any atom is -1.00 e. The number of halogens is 5. The van der Waals surface area contributed by atoms with Crippen LogP contribution < -0.4 is 17.7 Å². The lowest BCUT2D eigenvalue weighted by Crippen LogP contribution is -3.00. The molecule has 6 heteroatoms. The Morgan fingerprint density at radius 1 is 1.31 bits per heavy atom. The van der Waals surface area contributed by atoms with Gasteiger partial charge in [-0.2, -0.15) is 13.2 Å². The van der Waals surface area contributed by atoms with E-state index in [2.05, 4.69) is 0 Å². The number of rotatable bonds is 3. The van der Waals surface area contributed by atoms with Gasteiger partial charge in [-0.3, -0.25) is 0 Å². The second-order valence-corrected chi connectivity index (χ2v) is 3.62. The number of benzene rings is 1. The summed E-state index contributed by atoms with van der Waals surface area (Å²) in [5, 5.41) is 1.67. The van der Waals surface area contributed by atoms with E-state index < -0.39 is 11.7 Å². The summed E-state index contributed by atoms with van der Waals surface area (Å²) in [7, 11) is 0. The molecule has 0 unspecified atom stereocenters. The van der Waals surface area contributed by atoms with Crippen LogP contribution >= 0.6 is 11.6 Å². The predicted octanol–water partition coefficient (Wildman–Crippen LogP) is -0.554. The maximum absolute atomic E-state index is 12.5. The van der Waals surface area contributed by atoms with Gasteiger partial charge in [0.1, 0.15) is 6.54 Å². The highest BCUT2D eigenvalue weighted by molar-refractivity contribution is 6.31. The SMILES string of the molecule is CC[NH2+]Cc1ccc(Cl)c(C(F)(F)F)c1.[Cl-]. The zero-order chi connectivity index (χ0) is 11.5. The Morgan fingerprint density at radius 3 is 2.44 bits per heavy atom. The Balaban J connectivity index is 0.00000225. The molecule has 1 aromatic carbocycles. The molecule has 0 heterocycles. The van der Waals surface area contributed by atoms with Crippen LogP contribution in [-0.4, -0.2) is 6.54 Å². The van der Waals surface area contributed by atoms with Crippen LogP contribution in [0.3, 0.4) is 0 Å². The standard InChI is InChI=1S/C10H11ClF3N.ClH/c1-2-15-6-7-3-4-9(11)8(5-7)10(12,13)14;/h3-5,15H,2,6H2,1H3;1H. The largest absolute Gasteiger partial charge is 1.00 e. The number of quaternary nitrogens is 1. The van der Waals surface area contributed by atoms with Gasteiger partial charge in [-0.25, -0.2) is 0 Å². The van der Waals surface area contributed by atoms with Crippen molar-refractivity contribution < 1.29 is 30.9 Å². The average Bonchev–Trinajstić information content (AvgIpc) is 2.15. The van der Waals surface area contributed by atoms with Gasteiger partial charge in [-0.15, -0.1) is 0 Å². The number of alkyl halides is 3. The van der Waals surface area contributed by atoms with E-state index >= 15 is 0 Å². The minimum atomic E-state index is -4.38. The summed E-state index contributed by atoms with van der Waals surface area (Å²) in [6, 6.07) is 4.02. The molecular weight excluding hydrogens is 262 g/mol. The molecule has 0 aliphatic heterocycles. The Bertz CT molecular complexity index is 339. The van der Waals surface area contributed by atoms with E-state index in [1.165, 1.54) is 6.07 Å². The highest BCUT2D eigenvalue weighted by atomic mass is 35.5. The molecule has 0 saturated heterocycles. The van der Waals surface area contributed by atoms with Crippen LogP contribution in [0.15, 0.2) is 18.2 Å². The Labute approximate surface area is 103 Å². The van der Waals surface area contributed by atoms with Gasteiger partial charge in [0.15, 0.2) is 0 Å². The van der Waals surface area contributed by atoms with Gasteiger partial charge >= 0.3 is 6.18 Å². The van der Waals surface area contributed by atoms with E-state index in [-0.39, 0.29) is 17.4 Å². The summed E-state index contributed by atoms with van der Waals surface area (Å²) in [5.74, 6) is 0. The fourth-order valence-corrected chi connectivity index (χ4v) is 1.45. The third-order valence-corrected chi connectivity index (χ3v) is 2.33. The number of hydrogen-bond donors (Lipinski definition) is 1. The van der Waals surface area contributed by atoms with Crippen molar-refractivity contribution >= 4 is 11.6 Å².